The topological polar surface area (TPSA) is 9.23 Å². The molecule has 0 aliphatic carbocycles. The Bertz CT molecular complexity index is 603. The van der Waals surface area contributed by atoms with Gasteiger partial charge in [0.1, 0.15) is 5.75 Å². The molecule has 4 heteroatoms. The maximum atomic E-state index is 6.27. The van der Waals surface area contributed by atoms with Gasteiger partial charge in [-0.15, -0.1) is 0 Å². The number of ether oxygens (including phenoxy) is 1. The smallest absolute Gasteiger partial charge is 0.118 e. The molecule has 0 unspecified atom stereocenters. The van der Waals surface area contributed by atoms with Crippen LogP contribution in [0.15, 0.2) is 42.5 Å². The second-order valence-corrected chi connectivity index (χ2v) is 5.12. The van der Waals surface area contributed by atoms with Crippen molar-refractivity contribution in [3.63, 3.8) is 0 Å². The fourth-order valence-corrected chi connectivity index (χ4v) is 2.14. The van der Waals surface area contributed by atoms with Gasteiger partial charge in [-0.1, -0.05) is 40.9 Å². The van der Waals surface area contributed by atoms with Gasteiger partial charge in [-0.3, -0.25) is 0 Å². The van der Waals surface area contributed by atoms with Gasteiger partial charge in [0, 0.05) is 5.03 Å². The number of benzene rings is 2. The predicted octanol–water partition coefficient (Wildman–Crippen LogP) is 5.74. The minimum atomic E-state index is 0.509. The third-order valence-corrected chi connectivity index (χ3v) is 3.67. The molecule has 0 N–H and O–H groups in total. The number of methoxy groups -OCH3 is 1. The maximum Gasteiger partial charge on any atom is 0.118 e. The van der Waals surface area contributed by atoms with Crippen LogP contribution < -0.4 is 4.74 Å². The minimum absolute atomic E-state index is 0.509. The Labute approximate surface area is 127 Å². The zero-order chi connectivity index (χ0) is 13.8. The molecular weight excluding hydrogens is 303 g/mol. The molecule has 0 saturated heterocycles. The summed E-state index contributed by atoms with van der Waals surface area (Å²) >= 11 is 18.1. The number of halogens is 3. The molecule has 0 spiro atoms. The van der Waals surface area contributed by atoms with Crippen molar-refractivity contribution in [2.75, 3.05) is 7.11 Å². The summed E-state index contributed by atoms with van der Waals surface area (Å²) < 4.78 is 5.10. The summed E-state index contributed by atoms with van der Waals surface area (Å²) in [5.41, 5.74) is 1.81. The molecule has 0 aromatic heterocycles. The van der Waals surface area contributed by atoms with E-state index in [1.165, 1.54) is 0 Å². The van der Waals surface area contributed by atoms with Crippen LogP contribution in [0.25, 0.3) is 11.1 Å². The fraction of sp³-hybridized carbons (Fsp3) is 0.0667. The Morgan fingerprint density at radius 3 is 2.26 bits per heavy atom. The molecule has 0 saturated carbocycles. The Balaban J connectivity index is 2.28. The highest BCUT2D eigenvalue weighted by molar-refractivity contribution is 6.51. The lowest BCUT2D eigenvalue weighted by Crippen LogP contribution is -1.83. The van der Waals surface area contributed by atoms with E-state index in [4.69, 9.17) is 39.5 Å². The molecule has 0 aliphatic rings. The fourth-order valence-electron chi connectivity index (χ4n) is 1.58. The molecule has 0 aliphatic heterocycles. The van der Waals surface area contributed by atoms with E-state index in [0.717, 1.165) is 16.9 Å². The molecule has 2 aromatic carbocycles. The molecule has 0 radical (unpaired) electrons. The molecule has 0 atom stereocenters. The van der Waals surface area contributed by atoms with Crippen molar-refractivity contribution >= 4 is 45.9 Å². The van der Waals surface area contributed by atoms with Gasteiger partial charge in [0.2, 0.25) is 0 Å². The molecule has 0 heterocycles. The lowest BCUT2D eigenvalue weighted by molar-refractivity contribution is 0.415. The minimum Gasteiger partial charge on any atom is -0.497 e. The van der Waals surface area contributed by atoms with Gasteiger partial charge in [-0.25, -0.2) is 0 Å². The first-order valence-electron chi connectivity index (χ1n) is 5.57. The Morgan fingerprint density at radius 2 is 1.68 bits per heavy atom. The quantitative estimate of drug-likeness (QED) is 0.657. The van der Waals surface area contributed by atoms with E-state index in [1.54, 1.807) is 19.2 Å². The average Bonchev–Trinajstić information content (AvgIpc) is 2.43. The predicted molar refractivity (Wildman–Crippen MR) is 83.2 cm³/mol. The SMILES string of the molecule is COc1ccc(/C(Cl)=C/c2ccc(Cl)c(Cl)c2)cc1. The van der Waals surface area contributed by atoms with E-state index in [1.807, 2.05) is 36.4 Å². The molecule has 1 nitrogen and oxygen atoms in total. The number of hydrogen-bond acceptors (Lipinski definition) is 1. The highest BCUT2D eigenvalue weighted by atomic mass is 35.5. The second kappa shape index (κ2) is 6.33. The normalized spacial score (nSPS) is 11.5. The number of hydrogen-bond donors (Lipinski definition) is 0. The summed E-state index contributed by atoms with van der Waals surface area (Å²) in [6.07, 6.45) is 1.84. The van der Waals surface area contributed by atoms with Crippen molar-refractivity contribution in [3.05, 3.63) is 63.6 Å². The van der Waals surface area contributed by atoms with Crippen molar-refractivity contribution in [1.29, 1.82) is 0 Å². The molecule has 98 valence electrons. The highest BCUT2D eigenvalue weighted by Crippen LogP contribution is 2.27. The average molecular weight is 314 g/mol. The molecule has 2 aromatic rings. The number of rotatable bonds is 3. The Morgan fingerprint density at radius 1 is 1.00 bits per heavy atom. The summed E-state index contributed by atoms with van der Waals surface area (Å²) in [7, 11) is 1.63. The zero-order valence-electron chi connectivity index (χ0n) is 10.2. The van der Waals surface area contributed by atoms with Crippen molar-refractivity contribution < 1.29 is 4.74 Å². The molecule has 2 rings (SSSR count). The lowest BCUT2D eigenvalue weighted by Gasteiger charge is -2.03. The van der Waals surface area contributed by atoms with E-state index in [2.05, 4.69) is 0 Å². The third-order valence-electron chi connectivity index (χ3n) is 2.60. The van der Waals surface area contributed by atoms with Gasteiger partial charge in [0.25, 0.3) is 0 Å². The van der Waals surface area contributed by atoms with Gasteiger partial charge in [0.05, 0.1) is 17.2 Å². The van der Waals surface area contributed by atoms with E-state index in [-0.39, 0.29) is 0 Å². The first kappa shape index (κ1) is 14.3. The van der Waals surface area contributed by atoms with E-state index < -0.39 is 0 Å². The molecule has 19 heavy (non-hydrogen) atoms. The largest absolute Gasteiger partial charge is 0.497 e. The monoisotopic (exact) mass is 312 g/mol. The van der Waals surface area contributed by atoms with Crippen LogP contribution in [0.3, 0.4) is 0 Å². The first-order chi connectivity index (χ1) is 9.10. The summed E-state index contributed by atoms with van der Waals surface area (Å²) in [6.45, 7) is 0. The van der Waals surface area contributed by atoms with Gasteiger partial charge in [0.15, 0.2) is 0 Å². The Kier molecular flexibility index (Phi) is 4.76. The molecule has 0 fully saturated rings. The van der Waals surface area contributed by atoms with Crippen molar-refractivity contribution in [2.24, 2.45) is 0 Å². The summed E-state index contributed by atoms with van der Waals surface area (Å²) in [5, 5.41) is 1.66. The van der Waals surface area contributed by atoms with Crippen LogP contribution in [0.1, 0.15) is 11.1 Å². The standard InChI is InChI=1S/C15H11Cl3O/c1-19-12-5-3-11(4-6-12)14(17)8-10-2-7-13(16)15(18)9-10/h2-9H,1H3/b14-8-. The summed E-state index contributed by atoms with van der Waals surface area (Å²) in [5.74, 6) is 0.794. The van der Waals surface area contributed by atoms with Crippen LogP contribution >= 0.6 is 34.8 Å². The van der Waals surface area contributed by atoms with E-state index >= 15 is 0 Å². The molecule has 0 bridgehead atoms. The van der Waals surface area contributed by atoms with Crippen LogP contribution in [-0.4, -0.2) is 7.11 Å². The maximum absolute atomic E-state index is 6.27. The third kappa shape index (κ3) is 3.66. The summed E-state index contributed by atoms with van der Waals surface area (Å²) in [4.78, 5) is 0. The van der Waals surface area contributed by atoms with Crippen molar-refractivity contribution in [3.8, 4) is 5.75 Å². The van der Waals surface area contributed by atoms with Gasteiger partial charge in [-0.05, 0) is 53.6 Å². The second-order valence-electron chi connectivity index (χ2n) is 3.89. The first-order valence-corrected chi connectivity index (χ1v) is 6.70. The van der Waals surface area contributed by atoms with Gasteiger partial charge in [-0.2, -0.15) is 0 Å². The van der Waals surface area contributed by atoms with Gasteiger partial charge < -0.3 is 4.74 Å². The molecule has 0 amide bonds. The van der Waals surface area contributed by atoms with Crippen molar-refractivity contribution in [1.82, 2.24) is 0 Å². The van der Waals surface area contributed by atoms with Crippen molar-refractivity contribution in [2.45, 2.75) is 0 Å². The van der Waals surface area contributed by atoms with E-state index in [9.17, 15) is 0 Å². The van der Waals surface area contributed by atoms with Crippen LogP contribution in [0, 0.1) is 0 Å². The Hall–Kier alpha value is -1.15. The van der Waals surface area contributed by atoms with Crippen LogP contribution in [0.5, 0.6) is 5.75 Å². The summed E-state index contributed by atoms with van der Waals surface area (Å²) in [6, 6.07) is 12.9. The van der Waals surface area contributed by atoms with Crippen LogP contribution in [-0.2, 0) is 0 Å². The zero-order valence-corrected chi connectivity index (χ0v) is 12.4. The van der Waals surface area contributed by atoms with Gasteiger partial charge >= 0.3 is 0 Å². The molecular formula is C15H11Cl3O. The van der Waals surface area contributed by atoms with E-state index in [0.29, 0.717) is 15.1 Å². The van der Waals surface area contributed by atoms with Crippen LogP contribution in [0.2, 0.25) is 10.0 Å². The highest BCUT2D eigenvalue weighted by Gasteiger charge is 2.01. The van der Waals surface area contributed by atoms with Crippen LogP contribution in [0.4, 0.5) is 0 Å². The lowest BCUT2D eigenvalue weighted by atomic mass is 10.1.